The van der Waals surface area contributed by atoms with Crippen LogP contribution in [0.25, 0.3) is 106 Å². The molecule has 0 aliphatic rings. The van der Waals surface area contributed by atoms with Crippen LogP contribution in [0.5, 0.6) is 0 Å². The van der Waals surface area contributed by atoms with Crippen LogP contribution in [0.4, 0.5) is 0 Å². The SMILES string of the molecule is c1ccc(-c2sc3c(ccc4sc5ccc(-c6c7ccccc7c(-c7ccc8ccccc8c7)c7ccccc67)cc5c43)c2-c2ccccc2)cc1. The summed E-state index contributed by atoms with van der Waals surface area (Å²) in [6.07, 6.45) is 0. The topological polar surface area (TPSA) is 0 Å². The van der Waals surface area contributed by atoms with Crippen molar-refractivity contribution >= 4 is 85.2 Å². The lowest BCUT2D eigenvalue weighted by atomic mass is 9.85. The summed E-state index contributed by atoms with van der Waals surface area (Å²) >= 11 is 3.84. The Balaban J connectivity index is 1.20. The number of hydrogen-bond donors (Lipinski definition) is 0. The molecule has 0 spiro atoms. The molecule has 2 heterocycles. The summed E-state index contributed by atoms with van der Waals surface area (Å²) in [4.78, 5) is 1.33. The van der Waals surface area contributed by atoms with Crippen molar-refractivity contribution in [3.8, 4) is 43.8 Å². The first-order valence-corrected chi connectivity index (χ1v) is 19.4. The summed E-state index contributed by atoms with van der Waals surface area (Å²) in [5, 5.41) is 11.7. The third-order valence-corrected chi connectivity index (χ3v) is 13.1. The van der Waals surface area contributed by atoms with E-state index in [-0.39, 0.29) is 0 Å². The quantitative estimate of drug-likeness (QED) is 0.161. The highest BCUT2D eigenvalue weighted by atomic mass is 32.1. The molecule has 0 unspecified atom stereocenters. The van der Waals surface area contributed by atoms with E-state index in [1.807, 2.05) is 22.7 Å². The van der Waals surface area contributed by atoms with Gasteiger partial charge in [0.1, 0.15) is 0 Å². The Hall–Kier alpha value is -6.06. The van der Waals surface area contributed by atoms with Crippen molar-refractivity contribution in [3.63, 3.8) is 0 Å². The fourth-order valence-corrected chi connectivity index (χ4v) is 10.9. The van der Waals surface area contributed by atoms with Crippen LogP contribution >= 0.6 is 22.7 Å². The first-order valence-electron chi connectivity index (χ1n) is 17.8. The van der Waals surface area contributed by atoms with Crippen LogP contribution in [0.1, 0.15) is 0 Å². The summed E-state index contributed by atoms with van der Waals surface area (Å²) in [5.41, 5.74) is 8.95. The zero-order valence-corrected chi connectivity index (χ0v) is 29.8. The minimum atomic E-state index is 1.25. The summed E-state index contributed by atoms with van der Waals surface area (Å²) < 4.78 is 4.02. The Kier molecular flexibility index (Phi) is 6.70. The molecular formula is C50H30S2. The molecule has 242 valence electrons. The van der Waals surface area contributed by atoms with E-state index in [2.05, 4.69) is 182 Å². The normalized spacial score (nSPS) is 11.8. The van der Waals surface area contributed by atoms with Crippen molar-refractivity contribution in [2.24, 2.45) is 0 Å². The molecule has 2 heteroatoms. The van der Waals surface area contributed by atoms with Crippen LogP contribution in [-0.4, -0.2) is 0 Å². The minimum absolute atomic E-state index is 1.25. The zero-order chi connectivity index (χ0) is 34.2. The molecule has 0 amide bonds. The largest absolute Gasteiger partial charge is 0.135 e. The minimum Gasteiger partial charge on any atom is -0.135 e. The lowest BCUT2D eigenvalue weighted by molar-refractivity contribution is 1.66. The van der Waals surface area contributed by atoms with Crippen molar-refractivity contribution in [2.45, 2.75) is 0 Å². The van der Waals surface area contributed by atoms with Gasteiger partial charge in [-0.25, -0.2) is 0 Å². The standard InChI is InChI=1S/C50H30S2/c1-3-14-32(15-4-1)47-41-26-28-44-48(50(41)52-49(47)33-16-5-2-6-17-33)42-30-36(25-27-43(42)51-44)46-39-21-11-9-19-37(39)45(38-20-10-12-22-40(38)46)35-24-23-31-13-7-8-18-34(31)29-35/h1-30H. The molecule has 0 aliphatic carbocycles. The van der Waals surface area contributed by atoms with Gasteiger partial charge in [0.05, 0.1) is 0 Å². The summed E-state index contributed by atoms with van der Waals surface area (Å²) in [6.45, 7) is 0. The first kappa shape index (κ1) is 29.6. The Bertz CT molecular complexity index is 3110. The van der Waals surface area contributed by atoms with E-state index in [4.69, 9.17) is 0 Å². The molecule has 0 aliphatic heterocycles. The fourth-order valence-electron chi connectivity index (χ4n) is 8.35. The van der Waals surface area contributed by atoms with Gasteiger partial charge in [-0.2, -0.15) is 0 Å². The monoisotopic (exact) mass is 694 g/mol. The first-order chi connectivity index (χ1) is 25.8. The summed E-state index contributed by atoms with van der Waals surface area (Å²) in [6, 6.07) is 67.2. The lowest BCUT2D eigenvalue weighted by Crippen LogP contribution is -1.91. The van der Waals surface area contributed by atoms with Gasteiger partial charge in [-0.05, 0) is 90.0 Å². The maximum Gasteiger partial charge on any atom is 0.0449 e. The maximum atomic E-state index is 2.47. The van der Waals surface area contributed by atoms with Gasteiger partial charge >= 0.3 is 0 Å². The van der Waals surface area contributed by atoms with E-state index < -0.39 is 0 Å². The van der Waals surface area contributed by atoms with E-state index in [0.717, 1.165) is 0 Å². The van der Waals surface area contributed by atoms with E-state index in [9.17, 15) is 0 Å². The molecule has 2 aromatic heterocycles. The van der Waals surface area contributed by atoms with E-state index in [0.29, 0.717) is 0 Å². The number of rotatable bonds is 4. The summed E-state index contributed by atoms with van der Waals surface area (Å²) in [5.74, 6) is 0. The smallest absolute Gasteiger partial charge is 0.0449 e. The molecule has 11 rings (SSSR count). The third-order valence-electron chi connectivity index (χ3n) is 10.6. The molecule has 9 aromatic carbocycles. The molecule has 0 nitrogen and oxygen atoms in total. The van der Waals surface area contributed by atoms with E-state index in [1.54, 1.807) is 0 Å². The van der Waals surface area contributed by atoms with Crippen molar-refractivity contribution < 1.29 is 0 Å². The summed E-state index contributed by atoms with van der Waals surface area (Å²) in [7, 11) is 0. The second-order valence-corrected chi connectivity index (χ2v) is 15.7. The van der Waals surface area contributed by atoms with Gasteiger partial charge in [0.2, 0.25) is 0 Å². The molecule has 0 fully saturated rings. The van der Waals surface area contributed by atoms with Crippen LogP contribution in [-0.2, 0) is 0 Å². The number of benzene rings is 9. The molecule has 0 atom stereocenters. The van der Waals surface area contributed by atoms with Crippen molar-refractivity contribution in [1.29, 1.82) is 0 Å². The number of thiophene rings is 2. The fraction of sp³-hybridized carbons (Fsp3) is 0. The number of fused-ring (bicyclic) bond motifs is 8. The van der Waals surface area contributed by atoms with Crippen LogP contribution in [0.2, 0.25) is 0 Å². The maximum absolute atomic E-state index is 2.47. The molecule has 0 saturated carbocycles. The highest BCUT2D eigenvalue weighted by Gasteiger charge is 2.21. The second kappa shape index (κ2) is 11.7. The molecule has 0 bridgehead atoms. The molecule has 0 N–H and O–H groups in total. The second-order valence-electron chi connectivity index (χ2n) is 13.6. The van der Waals surface area contributed by atoms with Crippen LogP contribution in [0, 0.1) is 0 Å². The van der Waals surface area contributed by atoms with Gasteiger partial charge < -0.3 is 0 Å². The molecule has 52 heavy (non-hydrogen) atoms. The highest BCUT2D eigenvalue weighted by molar-refractivity contribution is 7.28. The average molecular weight is 695 g/mol. The molecular weight excluding hydrogens is 665 g/mol. The number of hydrogen-bond acceptors (Lipinski definition) is 2. The van der Waals surface area contributed by atoms with Crippen LogP contribution in [0.3, 0.4) is 0 Å². The van der Waals surface area contributed by atoms with Gasteiger partial charge in [-0.15, -0.1) is 22.7 Å². The van der Waals surface area contributed by atoms with Crippen molar-refractivity contribution in [3.05, 3.63) is 182 Å². The Morgan fingerprint density at radius 3 is 1.50 bits per heavy atom. The van der Waals surface area contributed by atoms with Crippen molar-refractivity contribution in [1.82, 2.24) is 0 Å². The molecule has 0 saturated heterocycles. The van der Waals surface area contributed by atoms with Gasteiger partial charge in [0, 0.05) is 40.7 Å². The molecule has 11 aromatic rings. The van der Waals surface area contributed by atoms with Crippen LogP contribution in [0.15, 0.2) is 182 Å². The van der Waals surface area contributed by atoms with Gasteiger partial charge in [-0.1, -0.05) is 158 Å². The predicted molar refractivity (Wildman–Crippen MR) is 229 cm³/mol. The Morgan fingerprint density at radius 2 is 0.827 bits per heavy atom. The van der Waals surface area contributed by atoms with E-state index >= 15 is 0 Å². The Morgan fingerprint density at radius 1 is 0.288 bits per heavy atom. The van der Waals surface area contributed by atoms with Crippen molar-refractivity contribution in [2.75, 3.05) is 0 Å². The third kappa shape index (κ3) is 4.52. The predicted octanol–water partition coefficient (Wildman–Crippen LogP) is 15.4. The van der Waals surface area contributed by atoms with Gasteiger partial charge in [0.25, 0.3) is 0 Å². The van der Waals surface area contributed by atoms with E-state index in [1.165, 1.54) is 106 Å². The van der Waals surface area contributed by atoms with Crippen LogP contribution < -0.4 is 0 Å². The highest BCUT2D eigenvalue weighted by Crippen LogP contribution is 2.51. The average Bonchev–Trinajstić information content (AvgIpc) is 3.79. The zero-order valence-electron chi connectivity index (χ0n) is 28.1. The molecule has 0 radical (unpaired) electrons. The Labute approximate surface area is 309 Å². The van der Waals surface area contributed by atoms with Gasteiger partial charge in [-0.3, -0.25) is 0 Å². The van der Waals surface area contributed by atoms with Gasteiger partial charge in [0.15, 0.2) is 0 Å². The lowest BCUT2D eigenvalue weighted by Gasteiger charge is -2.18.